The topological polar surface area (TPSA) is 113 Å². The van der Waals surface area contributed by atoms with Crippen molar-refractivity contribution >= 4 is 40.4 Å². The molecule has 0 bridgehead atoms. The Labute approximate surface area is 242 Å². The lowest BCUT2D eigenvalue weighted by atomic mass is 10.1. The van der Waals surface area contributed by atoms with Crippen molar-refractivity contribution in [1.29, 1.82) is 0 Å². The minimum absolute atomic E-state index is 0.0586. The van der Waals surface area contributed by atoms with Gasteiger partial charge in [0.1, 0.15) is 11.4 Å². The maximum absolute atomic E-state index is 13.4. The summed E-state index contributed by atoms with van der Waals surface area (Å²) in [6.07, 6.45) is 3.42. The van der Waals surface area contributed by atoms with E-state index in [0.717, 1.165) is 43.0 Å². The molecule has 12 heteroatoms. The Balaban J connectivity index is 1.23. The number of halogens is 1. The van der Waals surface area contributed by atoms with Gasteiger partial charge in [0, 0.05) is 62.1 Å². The molecule has 41 heavy (non-hydrogen) atoms. The number of hydrogen-bond donors (Lipinski definition) is 2. The Morgan fingerprint density at radius 3 is 2.68 bits per heavy atom. The molecule has 0 saturated carbocycles. The smallest absolute Gasteiger partial charge is 0.274 e. The normalized spacial score (nSPS) is 15.6. The van der Waals surface area contributed by atoms with E-state index in [1.807, 2.05) is 24.3 Å². The molecule has 212 valence electrons. The van der Waals surface area contributed by atoms with Gasteiger partial charge in [0.15, 0.2) is 12.3 Å². The highest BCUT2D eigenvalue weighted by atomic mass is 35.5. The van der Waals surface area contributed by atoms with Crippen LogP contribution in [0.3, 0.4) is 0 Å². The zero-order valence-corrected chi connectivity index (χ0v) is 23.1. The number of rotatable bonds is 7. The van der Waals surface area contributed by atoms with Gasteiger partial charge < -0.3 is 29.9 Å². The standard InChI is InChI=1S/C29H30ClN7O4/c30-21-3-1-2-20(16-21)23-18-32-37-9-6-25(33-28(23)37)29(39)34-24-5-4-22(17-26(24)35-10-7-31-8-11-35)41-19-27(38)36-12-14-40-15-13-36/h1-6,9,16-18,31H,7-8,10-15,19H2,(H,34,39). The summed E-state index contributed by atoms with van der Waals surface area (Å²) in [4.78, 5) is 34.6. The van der Waals surface area contributed by atoms with Gasteiger partial charge in [-0.1, -0.05) is 23.7 Å². The van der Waals surface area contributed by atoms with E-state index in [1.54, 1.807) is 46.1 Å². The number of carbonyl (C=O) groups is 2. The molecule has 2 aliphatic rings. The third kappa shape index (κ3) is 6.12. The minimum atomic E-state index is -0.349. The number of anilines is 2. The monoisotopic (exact) mass is 575 g/mol. The summed E-state index contributed by atoms with van der Waals surface area (Å²) in [5.41, 5.74) is 3.90. The summed E-state index contributed by atoms with van der Waals surface area (Å²) < 4.78 is 12.8. The SMILES string of the molecule is O=C(Nc1ccc(OCC(=O)N2CCOCC2)cc1N1CCNCC1)c1ccn2ncc(-c3cccc(Cl)c3)c2n1. The van der Waals surface area contributed by atoms with Gasteiger partial charge in [-0.3, -0.25) is 9.59 Å². The van der Waals surface area contributed by atoms with Gasteiger partial charge in [-0.25, -0.2) is 9.50 Å². The van der Waals surface area contributed by atoms with Crippen molar-refractivity contribution < 1.29 is 19.1 Å². The number of piperazine rings is 1. The Morgan fingerprint density at radius 2 is 1.88 bits per heavy atom. The molecular formula is C29H30ClN7O4. The van der Waals surface area contributed by atoms with Crippen LogP contribution < -0.4 is 20.3 Å². The first-order chi connectivity index (χ1) is 20.0. The molecule has 4 aromatic rings. The van der Waals surface area contributed by atoms with Crippen molar-refractivity contribution in [3.8, 4) is 16.9 Å². The average Bonchev–Trinajstić information content (AvgIpc) is 3.45. The molecule has 2 fully saturated rings. The van der Waals surface area contributed by atoms with Crippen LogP contribution in [0.2, 0.25) is 5.02 Å². The molecule has 0 atom stereocenters. The fraction of sp³-hybridized carbons (Fsp3) is 0.310. The van der Waals surface area contributed by atoms with Crippen molar-refractivity contribution in [3.05, 3.63) is 71.6 Å². The van der Waals surface area contributed by atoms with E-state index >= 15 is 0 Å². The van der Waals surface area contributed by atoms with Crippen molar-refractivity contribution in [2.75, 3.05) is 69.3 Å². The highest BCUT2D eigenvalue weighted by molar-refractivity contribution is 6.30. The number of benzene rings is 2. The number of fused-ring (bicyclic) bond motifs is 1. The molecule has 0 spiro atoms. The van der Waals surface area contributed by atoms with Crippen LogP contribution in [0, 0.1) is 0 Å². The van der Waals surface area contributed by atoms with Crippen LogP contribution in [0.1, 0.15) is 10.5 Å². The minimum Gasteiger partial charge on any atom is -0.484 e. The second kappa shape index (κ2) is 12.1. The Bertz CT molecular complexity index is 1560. The summed E-state index contributed by atoms with van der Waals surface area (Å²) in [6, 6.07) is 14.5. The molecule has 6 rings (SSSR count). The predicted octanol–water partition coefficient (Wildman–Crippen LogP) is 2.95. The lowest BCUT2D eigenvalue weighted by molar-refractivity contribution is -0.137. The van der Waals surface area contributed by atoms with Crippen LogP contribution in [0.5, 0.6) is 5.75 Å². The maximum atomic E-state index is 13.4. The summed E-state index contributed by atoms with van der Waals surface area (Å²) in [5.74, 6) is 0.134. The quantitative estimate of drug-likeness (QED) is 0.346. The largest absolute Gasteiger partial charge is 0.484 e. The molecule has 0 unspecified atom stereocenters. The molecule has 2 aromatic carbocycles. The van der Waals surface area contributed by atoms with Crippen LogP contribution in [0.4, 0.5) is 11.4 Å². The number of aromatic nitrogens is 3. The van der Waals surface area contributed by atoms with Crippen LogP contribution in [0.15, 0.2) is 60.9 Å². The Kier molecular flexibility index (Phi) is 7.99. The predicted molar refractivity (Wildman–Crippen MR) is 156 cm³/mol. The van der Waals surface area contributed by atoms with Gasteiger partial charge in [0.25, 0.3) is 11.8 Å². The number of nitrogens with one attached hydrogen (secondary N) is 2. The fourth-order valence-electron chi connectivity index (χ4n) is 4.96. The molecule has 2 aromatic heterocycles. The highest BCUT2D eigenvalue weighted by Crippen LogP contribution is 2.32. The second-order valence-corrected chi connectivity index (χ2v) is 10.2. The average molecular weight is 576 g/mol. The molecular weight excluding hydrogens is 546 g/mol. The van der Waals surface area contributed by atoms with Crippen molar-refractivity contribution in [2.24, 2.45) is 0 Å². The zero-order valence-electron chi connectivity index (χ0n) is 22.4. The van der Waals surface area contributed by atoms with Crippen LogP contribution in [-0.2, 0) is 9.53 Å². The molecule has 4 heterocycles. The first-order valence-electron chi connectivity index (χ1n) is 13.5. The molecule has 0 radical (unpaired) electrons. The molecule has 2 amide bonds. The van der Waals surface area contributed by atoms with Crippen molar-refractivity contribution in [2.45, 2.75) is 0 Å². The summed E-state index contributed by atoms with van der Waals surface area (Å²) >= 11 is 6.19. The van der Waals surface area contributed by atoms with E-state index in [-0.39, 0.29) is 24.1 Å². The van der Waals surface area contributed by atoms with Gasteiger partial charge in [-0.15, -0.1) is 0 Å². The fourth-order valence-corrected chi connectivity index (χ4v) is 5.16. The van der Waals surface area contributed by atoms with Gasteiger partial charge in [0.2, 0.25) is 0 Å². The number of nitrogens with zero attached hydrogens (tertiary/aromatic N) is 5. The van der Waals surface area contributed by atoms with E-state index < -0.39 is 0 Å². The van der Waals surface area contributed by atoms with Crippen LogP contribution in [0.25, 0.3) is 16.8 Å². The maximum Gasteiger partial charge on any atom is 0.274 e. The number of morpholine rings is 1. The number of hydrogen-bond acceptors (Lipinski definition) is 8. The van der Waals surface area contributed by atoms with Gasteiger partial charge in [-0.05, 0) is 35.9 Å². The van der Waals surface area contributed by atoms with E-state index in [9.17, 15) is 9.59 Å². The van der Waals surface area contributed by atoms with E-state index in [4.69, 9.17) is 21.1 Å². The molecule has 11 nitrogen and oxygen atoms in total. The number of amides is 2. The lowest BCUT2D eigenvalue weighted by Gasteiger charge is -2.31. The third-order valence-electron chi connectivity index (χ3n) is 7.14. The van der Waals surface area contributed by atoms with Gasteiger partial charge in [-0.2, -0.15) is 5.10 Å². The summed E-state index contributed by atoms with van der Waals surface area (Å²) in [5, 5.41) is 11.4. The van der Waals surface area contributed by atoms with Crippen molar-refractivity contribution in [1.82, 2.24) is 24.8 Å². The van der Waals surface area contributed by atoms with Crippen molar-refractivity contribution in [3.63, 3.8) is 0 Å². The lowest BCUT2D eigenvalue weighted by Crippen LogP contribution is -2.44. The van der Waals surface area contributed by atoms with E-state index in [0.29, 0.717) is 48.4 Å². The zero-order chi connectivity index (χ0) is 28.2. The molecule has 2 saturated heterocycles. The number of ether oxygens (including phenoxy) is 2. The summed E-state index contributed by atoms with van der Waals surface area (Å²) in [7, 11) is 0. The van der Waals surface area contributed by atoms with E-state index in [2.05, 4.69) is 25.6 Å². The van der Waals surface area contributed by atoms with Crippen LogP contribution in [-0.4, -0.2) is 90.4 Å². The number of carbonyl (C=O) groups excluding carboxylic acids is 2. The highest BCUT2D eigenvalue weighted by Gasteiger charge is 2.21. The van der Waals surface area contributed by atoms with Gasteiger partial charge in [0.05, 0.1) is 30.8 Å². The Hall–Kier alpha value is -4.19. The van der Waals surface area contributed by atoms with Gasteiger partial charge >= 0.3 is 0 Å². The first-order valence-corrected chi connectivity index (χ1v) is 13.9. The summed E-state index contributed by atoms with van der Waals surface area (Å²) in [6.45, 7) is 5.33. The molecule has 0 aliphatic carbocycles. The Morgan fingerprint density at radius 1 is 1.05 bits per heavy atom. The molecule has 2 aliphatic heterocycles. The first kappa shape index (κ1) is 27.0. The van der Waals surface area contributed by atoms with Crippen LogP contribution >= 0.6 is 11.6 Å². The molecule has 2 N–H and O–H groups in total. The third-order valence-corrected chi connectivity index (χ3v) is 7.37. The second-order valence-electron chi connectivity index (χ2n) is 9.80. The van der Waals surface area contributed by atoms with E-state index in [1.165, 1.54) is 0 Å².